The van der Waals surface area contributed by atoms with Crippen LogP contribution in [0.25, 0.3) is 0 Å². The molecule has 0 aliphatic carbocycles. The van der Waals surface area contributed by atoms with Gasteiger partial charge in [-0.15, -0.1) is 11.3 Å². The molecule has 112 valence electrons. The summed E-state index contributed by atoms with van der Waals surface area (Å²) in [6.07, 6.45) is 0.0623. The Labute approximate surface area is 129 Å². The molecule has 0 spiro atoms. The second-order valence-corrected chi connectivity index (χ2v) is 6.32. The van der Waals surface area contributed by atoms with E-state index in [0.717, 1.165) is 37.8 Å². The molecule has 0 saturated carbocycles. The number of rotatable bonds is 4. The number of pyridine rings is 1. The summed E-state index contributed by atoms with van der Waals surface area (Å²) in [5, 5.41) is 5.25. The van der Waals surface area contributed by atoms with Gasteiger partial charge in [-0.05, 0) is 36.1 Å². The molecular weight excluding hydrogens is 282 g/mol. The zero-order valence-corrected chi connectivity index (χ0v) is 13.3. The molecule has 1 atom stereocenters. The summed E-state index contributed by atoms with van der Waals surface area (Å²) in [6, 6.07) is 8.24. The fourth-order valence-corrected chi connectivity index (χ4v) is 3.51. The van der Waals surface area contributed by atoms with Crippen molar-refractivity contribution in [3.63, 3.8) is 0 Å². The molecule has 3 rings (SSSR count). The molecule has 5 heteroatoms. The lowest BCUT2D eigenvalue weighted by Crippen LogP contribution is -2.38. The Morgan fingerprint density at radius 2 is 2.33 bits per heavy atom. The van der Waals surface area contributed by atoms with E-state index in [4.69, 9.17) is 4.74 Å². The summed E-state index contributed by atoms with van der Waals surface area (Å²) in [7, 11) is 1.89. The Bertz CT molecular complexity index is 599. The van der Waals surface area contributed by atoms with Crippen molar-refractivity contribution in [3.8, 4) is 0 Å². The molecule has 1 fully saturated rings. The quantitative estimate of drug-likeness (QED) is 0.942. The highest BCUT2D eigenvalue weighted by atomic mass is 32.1. The van der Waals surface area contributed by atoms with Gasteiger partial charge in [0, 0.05) is 31.6 Å². The number of aryl methyl sites for hydroxylation is 1. The van der Waals surface area contributed by atoms with Crippen LogP contribution in [0.4, 0.5) is 5.82 Å². The molecule has 1 saturated heterocycles. The lowest BCUT2D eigenvalue weighted by molar-refractivity contribution is -0.0346. The van der Waals surface area contributed by atoms with E-state index in [9.17, 15) is 0 Å². The molecule has 3 heterocycles. The van der Waals surface area contributed by atoms with Crippen molar-refractivity contribution in [1.29, 1.82) is 0 Å². The predicted octanol–water partition coefficient (Wildman–Crippen LogP) is 3.07. The maximum absolute atomic E-state index is 5.91. The van der Waals surface area contributed by atoms with Gasteiger partial charge in [0.05, 0.1) is 12.3 Å². The average Bonchev–Trinajstić information content (AvgIpc) is 2.93. The van der Waals surface area contributed by atoms with Crippen molar-refractivity contribution in [2.75, 3.05) is 32.1 Å². The van der Waals surface area contributed by atoms with Crippen LogP contribution in [-0.2, 0) is 11.3 Å². The molecular formula is C16H21N3OS. The summed E-state index contributed by atoms with van der Waals surface area (Å²) in [4.78, 5) is 8.51. The van der Waals surface area contributed by atoms with Crippen molar-refractivity contribution < 1.29 is 4.74 Å². The zero-order chi connectivity index (χ0) is 14.7. The van der Waals surface area contributed by atoms with Crippen molar-refractivity contribution in [3.05, 3.63) is 45.8 Å². The smallest absolute Gasteiger partial charge is 0.126 e. The second kappa shape index (κ2) is 6.56. The minimum Gasteiger partial charge on any atom is -0.373 e. The van der Waals surface area contributed by atoms with E-state index in [2.05, 4.69) is 33.6 Å². The number of nitrogens with one attached hydrogen (secondary N) is 1. The van der Waals surface area contributed by atoms with E-state index in [0.29, 0.717) is 0 Å². The number of hydrogen-bond acceptors (Lipinski definition) is 5. The molecule has 4 nitrogen and oxygen atoms in total. The molecule has 1 N–H and O–H groups in total. The zero-order valence-electron chi connectivity index (χ0n) is 12.5. The first kappa shape index (κ1) is 14.5. The van der Waals surface area contributed by atoms with Crippen LogP contribution in [0.3, 0.4) is 0 Å². The molecule has 2 aromatic rings. The number of morpholine rings is 1. The topological polar surface area (TPSA) is 37.4 Å². The first-order valence-electron chi connectivity index (χ1n) is 7.28. The minimum absolute atomic E-state index is 0.0623. The van der Waals surface area contributed by atoms with E-state index >= 15 is 0 Å². The van der Waals surface area contributed by atoms with Crippen LogP contribution in [0.1, 0.15) is 22.2 Å². The maximum atomic E-state index is 5.91. The highest BCUT2D eigenvalue weighted by Crippen LogP contribution is 2.25. The van der Waals surface area contributed by atoms with Crippen molar-refractivity contribution in [1.82, 2.24) is 9.88 Å². The SMILES string of the molecule is CNc1cccc([C@H]2CN(Cc3sccc3C)CCO2)n1. The summed E-state index contributed by atoms with van der Waals surface area (Å²) in [6.45, 7) is 5.84. The van der Waals surface area contributed by atoms with Gasteiger partial charge in [0.1, 0.15) is 11.9 Å². The number of thiophene rings is 1. The largest absolute Gasteiger partial charge is 0.373 e. The van der Waals surface area contributed by atoms with Gasteiger partial charge in [0.25, 0.3) is 0 Å². The van der Waals surface area contributed by atoms with Gasteiger partial charge < -0.3 is 10.1 Å². The Morgan fingerprint density at radius 3 is 3.10 bits per heavy atom. The Morgan fingerprint density at radius 1 is 1.43 bits per heavy atom. The van der Waals surface area contributed by atoms with Crippen LogP contribution in [0.5, 0.6) is 0 Å². The third-order valence-corrected chi connectivity index (χ3v) is 4.85. The van der Waals surface area contributed by atoms with E-state index < -0.39 is 0 Å². The van der Waals surface area contributed by atoms with Crippen LogP contribution in [-0.4, -0.2) is 36.6 Å². The first-order chi connectivity index (χ1) is 10.3. The van der Waals surface area contributed by atoms with Gasteiger partial charge in [-0.2, -0.15) is 0 Å². The second-order valence-electron chi connectivity index (χ2n) is 5.32. The van der Waals surface area contributed by atoms with Crippen molar-refractivity contribution in [2.24, 2.45) is 0 Å². The molecule has 21 heavy (non-hydrogen) atoms. The third kappa shape index (κ3) is 3.43. The Balaban J connectivity index is 1.69. The molecule has 0 aromatic carbocycles. The fraction of sp³-hybridized carbons (Fsp3) is 0.438. The van der Waals surface area contributed by atoms with Gasteiger partial charge in [-0.25, -0.2) is 4.98 Å². The molecule has 1 aliphatic heterocycles. The minimum atomic E-state index is 0.0623. The number of ether oxygens (including phenoxy) is 1. The molecule has 2 aromatic heterocycles. The molecule has 0 bridgehead atoms. The summed E-state index contributed by atoms with van der Waals surface area (Å²) in [5.41, 5.74) is 2.40. The lowest BCUT2D eigenvalue weighted by atomic mass is 10.1. The van der Waals surface area contributed by atoms with Crippen LogP contribution >= 0.6 is 11.3 Å². The molecule has 0 radical (unpaired) electrons. The van der Waals surface area contributed by atoms with E-state index in [1.807, 2.05) is 36.6 Å². The average molecular weight is 303 g/mol. The standard InChI is InChI=1S/C16H21N3OS/c1-12-6-9-21-15(12)11-19-7-8-20-14(10-19)13-4-3-5-16(17-2)18-13/h3-6,9,14H,7-8,10-11H2,1-2H3,(H,17,18)/t14-/m1/s1. The van der Waals surface area contributed by atoms with Crippen molar-refractivity contribution >= 4 is 17.2 Å². The number of hydrogen-bond donors (Lipinski definition) is 1. The van der Waals surface area contributed by atoms with Crippen LogP contribution < -0.4 is 5.32 Å². The van der Waals surface area contributed by atoms with Gasteiger partial charge in [-0.3, -0.25) is 4.90 Å². The summed E-state index contributed by atoms with van der Waals surface area (Å²) in [5.74, 6) is 0.891. The number of nitrogens with zero attached hydrogens (tertiary/aromatic N) is 2. The monoisotopic (exact) mass is 303 g/mol. The van der Waals surface area contributed by atoms with Gasteiger partial charge in [0.15, 0.2) is 0 Å². The van der Waals surface area contributed by atoms with E-state index in [-0.39, 0.29) is 6.10 Å². The normalized spacial score (nSPS) is 19.6. The summed E-state index contributed by atoms with van der Waals surface area (Å²) >= 11 is 1.84. The fourth-order valence-electron chi connectivity index (χ4n) is 2.56. The van der Waals surface area contributed by atoms with Crippen LogP contribution in [0.15, 0.2) is 29.6 Å². The van der Waals surface area contributed by atoms with Gasteiger partial charge in [-0.1, -0.05) is 6.07 Å². The van der Waals surface area contributed by atoms with Crippen LogP contribution in [0.2, 0.25) is 0 Å². The molecule has 1 aliphatic rings. The predicted molar refractivity (Wildman–Crippen MR) is 86.8 cm³/mol. The Kier molecular flexibility index (Phi) is 4.53. The molecule has 0 amide bonds. The molecule has 0 unspecified atom stereocenters. The third-order valence-electron chi connectivity index (χ3n) is 3.84. The highest BCUT2D eigenvalue weighted by molar-refractivity contribution is 7.10. The summed E-state index contributed by atoms with van der Waals surface area (Å²) < 4.78 is 5.91. The van der Waals surface area contributed by atoms with E-state index in [1.165, 1.54) is 10.4 Å². The lowest BCUT2D eigenvalue weighted by Gasteiger charge is -2.32. The highest BCUT2D eigenvalue weighted by Gasteiger charge is 2.23. The Hall–Kier alpha value is -1.43. The van der Waals surface area contributed by atoms with Crippen molar-refractivity contribution in [2.45, 2.75) is 19.6 Å². The van der Waals surface area contributed by atoms with Gasteiger partial charge in [0.2, 0.25) is 0 Å². The maximum Gasteiger partial charge on any atom is 0.126 e. The first-order valence-corrected chi connectivity index (χ1v) is 8.16. The number of aromatic nitrogens is 1. The number of anilines is 1. The van der Waals surface area contributed by atoms with Crippen LogP contribution in [0, 0.1) is 6.92 Å². The van der Waals surface area contributed by atoms with E-state index in [1.54, 1.807) is 0 Å². The van der Waals surface area contributed by atoms with Gasteiger partial charge >= 0.3 is 0 Å².